The van der Waals surface area contributed by atoms with E-state index < -0.39 is 11.4 Å². The molecule has 0 rings (SSSR count). The van der Waals surface area contributed by atoms with Gasteiger partial charge in [-0.2, -0.15) is 0 Å². The molecular formula is C14H28O3. The van der Waals surface area contributed by atoms with Gasteiger partial charge in [0.05, 0.1) is 5.41 Å². The number of carboxylic acids is 1. The molecule has 3 nitrogen and oxygen atoms in total. The molecular weight excluding hydrogens is 216 g/mol. The van der Waals surface area contributed by atoms with Crippen LogP contribution in [-0.2, 0) is 9.53 Å². The van der Waals surface area contributed by atoms with Crippen molar-refractivity contribution >= 4 is 5.97 Å². The number of hydrogen-bond acceptors (Lipinski definition) is 2. The normalized spacial score (nSPS) is 11.7. The molecule has 0 aromatic carbocycles. The number of aliphatic carboxylic acids is 1. The Morgan fingerprint density at radius 1 is 1.06 bits per heavy atom. The van der Waals surface area contributed by atoms with Crippen LogP contribution in [0, 0.1) is 5.41 Å². The van der Waals surface area contributed by atoms with Crippen molar-refractivity contribution in [1.29, 1.82) is 0 Å². The second-order valence-corrected chi connectivity index (χ2v) is 5.32. The minimum atomic E-state index is -0.710. The van der Waals surface area contributed by atoms with E-state index in [9.17, 15) is 4.79 Å². The summed E-state index contributed by atoms with van der Waals surface area (Å²) in [4.78, 5) is 10.9. The first-order valence-corrected chi connectivity index (χ1v) is 6.82. The van der Waals surface area contributed by atoms with E-state index >= 15 is 0 Å². The van der Waals surface area contributed by atoms with Crippen LogP contribution in [0.2, 0.25) is 0 Å². The molecule has 0 heterocycles. The van der Waals surface area contributed by atoms with E-state index in [0.29, 0.717) is 0 Å². The smallest absolute Gasteiger partial charge is 0.309 e. The Hall–Kier alpha value is -0.570. The minimum absolute atomic E-state index is 0.596. The Kier molecular flexibility index (Phi) is 9.14. The van der Waals surface area contributed by atoms with Crippen LogP contribution < -0.4 is 0 Å². The summed E-state index contributed by atoms with van der Waals surface area (Å²) in [5.74, 6) is -0.710. The maximum atomic E-state index is 10.9. The largest absolute Gasteiger partial charge is 0.481 e. The molecule has 0 aliphatic heterocycles. The summed E-state index contributed by atoms with van der Waals surface area (Å²) in [7, 11) is 0. The third-order valence-corrected chi connectivity index (χ3v) is 3.06. The van der Waals surface area contributed by atoms with Gasteiger partial charge in [0, 0.05) is 13.2 Å². The summed E-state index contributed by atoms with van der Waals surface area (Å²) < 4.78 is 5.51. The molecule has 1 N–H and O–H groups in total. The molecule has 0 amide bonds. The van der Waals surface area contributed by atoms with Gasteiger partial charge in [-0.1, -0.05) is 32.6 Å². The third kappa shape index (κ3) is 9.16. The van der Waals surface area contributed by atoms with Crippen LogP contribution in [0.25, 0.3) is 0 Å². The van der Waals surface area contributed by atoms with E-state index in [1.54, 1.807) is 13.8 Å². The summed E-state index contributed by atoms with van der Waals surface area (Å²) in [5, 5.41) is 8.93. The first-order chi connectivity index (χ1) is 8.00. The zero-order valence-corrected chi connectivity index (χ0v) is 11.6. The molecule has 0 saturated carbocycles. The fraction of sp³-hybridized carbons (Fsp3) is 0.929. The molecule has 3 heteroatoms. The van der Waals surface area contributed by atoms with E-state index in [1.807, 2.05) is 0 Å². The molecule has 0 spiro atoms. The first kappa shape index (κ1) is 16.4. The third-order valence-electron chi connectivity index (χ3n) is 3.06. The van der Waals surface area contributed by atoms with Crippen molar-refractivity contribution < 1.29 is 14.6 Å². The maximum Gasteiger partial charge on any atom is 0.309 e. The van der Waals surface area contributed by atoms with Gasteiger partial charge in [-0.15, -0.1) is 0 Å². The molecule has 0 atom stereocenters. The molecule has 0 fully saturated rings. The Labute approximate surface area is 106 Å². The van der Waals surface area contributed by atoms with Crippen LogP contribution >= 0.6 is 0 Å². The zero-order valence-electron chi connectivity index (χ0n) is 11.6. The highest BCUT2D eigenvalue weighted by Crippen LogP contribution is 2.23. The summed E-state index contributed by atoms with van der Waals surface area (Å²) in [5.41, 5.74) is -0.596. The van der Waals surface area contributed by atoms with Gasteiger partial charge < -0.3 is 9.84 Å². The van der Waals surface area contributed by atoms with E-state index in [-0.39, 0.29) is 0 Å². The number of carboxylic acid groups (broad SMARTS) is 1. The van der Waals surface area contributed by atoms with Gasteiger partial charge >= 0.3 is 5.97 Å². The highest BCUT2D eigenvalue weighted by molar-refractivity contribution is 5.73. The van der Waals surface area contributed by atoms with Crippen molar-refractivity contribution in [3.05, 3.63) is 0 Å². The van der Waals surface area contributed by atoms with Crippen molar-refractivity contribution in [2.45, 2.75) is 65.7 Å². The zero-order chi connectivity index (χ0) is 13.1. The molecule has 0 radical (unpaired) electrons. The molecule has 0 aromatic rings. The molecule has 0 unspecified atom stereocenters. The summed E-state index contributed by atoms with van der Waals surface area (Å²) in [6, 6.07) is 0. The van der Waals surface area contributed by atoms with Crippen molar-refractivity contribution in [3.8, 4) is 0 Å². The lowest BCUT2D eigenvalue weighted by Crippen LogP contribution is -2.23. The van der Waals surface area contributed by atoms with Crippen LogP contribution in [0.4, 0.5) is 0 Å². The minimum Gasteiger partial charge on any atom is -0.481 e. The lowest BCUT2D eigenvalue weighted by atomic mass is 9.87. The number of carbonyl (C=O) groups is 1. The summed E-state index contributed by atoms with van der Waals surface area (Å²) in [6.07, 6.45) is 7.55. The molecule has 17 heavy (non-hydrogen) atoms. The van der Waals surface area contributed by atoms with Crippen LogP contribution in [0.5, 0.6) is 0 Å². The van der Waals surface area contributed by atoms with Gasteiger partial charge in [-0.25, -0.2) is 0 Å². The number of unbranched alkanes of at least 4 members (excludes halogenated alkanes) is 4. The summed E-state index contributed by atoms with van der Waals surface area (Å²) >= 11 is 0. The topological polar surface area (TPSA) is 46.5 Å². The van der Waals surface area contributed by atoms with Crippen molar-refractivity contribution in [3.63, 3.8) is 0 Å². The molecule has 0 aliphatic rings. The van der Waals surface area contributed by atoms with E-state index in [4.69, 9.17) is 9.84 Å². The lowest BCUT2D eigenvalue weighted by Gasteiger charge is -2.18. The highest BCUT2D eigenvalue weighted by atomic mass is 16.5. The van der Waals surface area contributed by atoms with Crippen LogP contribution in [0.15, 0.2) is 0 Å². The average molecular weight is 244 g/mol. The van der Waals surface area contributed by atoms with Gasteiger partial charge in [0.25, 0.3) is 0 Å². The number of hydrogen-bond donors (Lipinski definition) is 1. The van der Waals surface area contributed by atoms with Crippen LogP contribution in [-0.4, -0.2) is 24.3 Å². The van der Waals surface area contributed by atoms with Crippen LogP contribution in [0.3, 0.4) is 0 Å². The van der Waals surface area contributed by atoms with Gasteiger partial charge in [-0.3, -0.25) is 4.79 Å². The Balaban J connectivity index is 3.27. The Bertz CT molecular complexity index is 200. The maximum absolute atomic E-state index is 10.9. The molecule has 102 valence electrons. The monoisotopic (exact) mass is 244 g/mol. The summed E-state index contributed by atoms with van der Waals surface area (Å²) in [6.45, 7) is 7.37. The van der Waals surface area contributed by atoms with Gasteiger partial charge in [-0.05, 0) is 33.1 Å². The fourth-order valence-corrected chi connectivity index (χ4v) is 1.61. The SMILES string of the molecule is CCCCCCOCCCCC(C)(C)C(=O)O. The quantitative estimate of drug-likeness (QED) is 0.561. The first-order valence-electron chi connectivity index (χ1n) is 6.82. The van der Waals surface area contributed by atoms with E-state index in [2.05, 4.69) is 6.92 Å². The van der Waals surface area contributed by atoms with E-state index in [0.717, 1.165) is 38.9 Å². The molecule has 0 bridgehead atoms. The Morgan fingerprint density at radius 3 is 2.18 bits per heavy atom. The Morgan fingerprint density at radius 2 is 1.65 bits per heavy atom. The van der Waals surface area contributed by atoms with Crippen molar-refractivity contribution in [1.82, 2.24) is 0 Å². The predicted octanol–water partition coefficient (Wildman–Crippen LogP) is 3.86. The van der Waals surface area contributed by atoms with Crippen molar-refractivity contribution in [2.75, 3.05) is 13.2 Å². The molecule has 0 aromatic heterocycles. The standard InChI is InChI=1S/C14H28O3/c1-4-5-6-8-11-17-12-9-7-10-14(2,3)13(15)16/h4-12H2,1-3H3,(H,15,16). The fourth-order valence-electron chi connectivity index (χ4n) is 1.61. The second kappa shape index (κ2) is 9.46. The van der Waals surface area contributed by atoms with Crippen LogP contribution in [0.1, 0.15) is 65.7 Å². The number of rotatable bonds is 11. The van der Waals surface area contributed by atoms with Gasteiger partial charge in [0.2, 0.25) is 0 Å². The van der Waals surface area contributed by atoms with E-state index in [1.165, 1.54) is 19.3 Å². The average Bonchev–Trinajstić information content (AvgIpc) is 2.26. The predicted molar refractivity (Wildman–Crippen MR) is 70.2 cm³/mol. The highest BCUT2D eigenvalue weighted by Gasteiger charge is 2.25. The second-order valence-electron chi connectivity index (χ2n) is 5.32. The lowest BCUT2D eigenvalue weighted by molar-refractivity contribution is -0.147. The van der Waals surface area contributed by atoms with Crippen molar-refractivity contribution in [2.24, 2.45) is 5.41 Å². The molecule has 0 aliphatic carbocycles. The van der Waals surface area contributed by atoms with Gasteiger partial charge in [0.1, 0.15) is 0 Å². The molecule has 0 saturated heterocycles. The number of ether oxygens (including phenoxy) is 1. The van der Waals surface area contributed by atoms with Gasteiger partial charge in [0.15, 0.2) is 0 Å².